The maximum atomic E-state index is 14.1. The van der Waals surface area contributed by atoms with Crippen LogP contribution >= 0.6 is 0 Å². The Labute approximate surface area is 138 Å². The molecule has 24 heavy (non-hydrogen) atoms. The van der Waals surface area contributed by atoms with E-state index in [-0.39, 0.29) is 11.2 Å². The zero-order chi connectivity index (χ0) is 16.6. The molecule has 7 heteroatoms. The summed E-state index contributed by atoms with van der Waals surface area (Å²) in [6.07, 6.45) is 3.41. The summed E-state index contributed by atoms with van der Waals surface area (Å²) in [6, 6.07) is 8.90. The third kappa shape index (κ3) is 2.60. The number of methoxy groups -OCH3 is 1. The average molecular weight is 327 g/mol. The van der Waals surface area contributed by atoms with Gasteiger partial charge in [-0.3, -0.25) is 0 Å². The summed E-state index contributed by atoms with van der Waals surface area (Å²) in [5.74, 6) is 1.16. The van der Waals surface area contributed by atoms with Crippen molar-refractivity contribution >= 4 is 11.6 Å². The van der Waals surface area contributed by atoms with E-state index in [1.54, 1.807) is 17.7 Å². The van der Waals surface area contributed by atoms with Crippen molar-refractivity contribution in [2.45, 2.75) is 24.9 Å². The first-order valence-electron chi connectivity index (χ1n) is 7.89. The van der Waals surface area contributed by atoms with Gasteiger partial charge in [-0.05, 0) is 24.5 Å². The van der Waals surface area contributed by atoms with Gasteiger partial charge in [-0.2, -0.15) is 14.6 Å². The van der Waals surface area contributed by atoms with Gasteiger partial charge in [-0.1, -0.05) is 18.2 Å². The molecule has 0 amide bonds. The molecule has 2 aromatic heterocycles. The van der Waals surface area contributed by atoms with Gasteiger partial charge in [-0.25, -0.2) is 9.37 Å². The van der Waals surface area contributed by atoms with Crippen LogP contribution in [0.2, 0.25) is 0 Å². The maximum Gasteiger partial charge on any atom is 0.254 e. The van der Waals surface area contributed by atoms with Gasteiger partial charge in [0.1, 0.15) is 18.0 Å². The van der Waals surface area contributed by atoms with Crippen LogP contribution in [-0.4, -0.2) is 33.2 Å². The second-order valence-corrected chi connectivity index (χ2v) is 6.15. The number of aromatic nitrogens is 4. The highest BCUT2D eigenvalue weighted by molar-refractivity contribution is 5.46. The summed E-state index contributed by atoms with van der Waals surface area (Å²) < 4.78 is 20.9. The van der Waals surface area contributed by atoms with Crippen LogP contribution in [0.5, 0.6) is 0 Å². The Kier molecular flexibility index (Phi) is 3.65. The lowest BCUT2D eigenvalue weighted by molar-refractivity contribution is 0.181. The van der Waals surface area contributed by atoms with Gasteiger partial charge in [0, 0.05) is 25.1 Å². The molecule has 3 aromatic rings. The molecule has 1 saturated carbocycles. The number of halogens is 1. The van der Waals surface area contributed by atoms with Gasteiger partial charge < -0.3 is 10.1 Å². The van der Waals surface area contributed by atoms with E-state index < -0.39 is 0 Å². The second kappa shape index (κ2) is 5.83. The largest absolute Gasteiger partial charge is 0.378 e. The highest BCUT2D eigenvalue weighted by Crippen LogP contribution is 2.49. The monoisotopic (exact) mass is 327 g/mol. The van der Waals surface area contributed by atoms with Crippen LogP contribution in [0.3, 0.4) is 0 Å². The topological polar surface area (TPSA) is 64.3 Å². The van der Waals surface area contributed by atoms with Gasteiger partial charge >= 0.3 is 0 Å². The Balaban J connectivity index is 1.61. The molecule has 1 aliphatic rings. The number of nitrogens with one attached hydrogen (secondary N) is 1. The Bertz CT molecular complexity index is 874. The summed E-state index contributed by atoms with van der Waals surface area (Å²) in [5.41, 5.74) is 1.40. The third-order valence-corrected chi connectivity index (χ3v) is 4.50. The molecule has 0 unspecified atom stereocenters. The Morgan fingerprint density at radius 2 is 2.17 bits per heavy atom. The van der Waals surface area contributed by atoms with Crippen LogP contribution in [0.25, 0.3) is 5.78 Å². The minimum atomic E-state index is -0.150. The predicted octanol–water partition coefficient (Wildman–Crippen LogP) is 2.55. The molecule has 0 atom stereocenters. The smallest absolute Gasteiger partial charge is 0.254 e. The standard InChI is InChI=1S/C17H18FN5O/c1-24-9-12-8-15(23-16(22-12)20-11-21-23)19-10-17(6-7-17)13-4-2-3-5-14(13)18/h2-5,8,11,19H,6-7,9-10H2,1H3. The number of hydrogen-bond donors (Lipinski definition) is 1. The molecular formula is C17H18FN5O. The van der Waals surface area contributed by atoms with Gasteiger partial charge in [0.25, 0.3) is 5.78 Å². The first-order valence-corrected chi connectivity index (χ1v) is 7.89. The fourth-order valence-electron chi connectivity index (χ4n) is 3.05. The van der Waals surface area contributed by atoms with Gasteiger partial charge in [0.15, 0.2) is 0 Å². The van der Waals surface area contributed by atoms with Crippen molar-refractivity contribution in [3.63, 3.8) is 0 Å². The molecule has 0 aliphatic heterocycles. The molecule has 6 nitrogen and oxygen atoms in total. The van der Waals surface area contributed by atoms with Crippen LogP contribution in [0, 0.1) is 5.82 Å². The Morgan fingerprint density at radius 1 is 1.33 bits per heavy atom. The number of rotatable bonds is 6. The molecule has 1 N–H and O–H groups in total. The van der Waals surface area contributed by atoms with Crippen LogP contribution in [0.15, 0.2) is 36.7 Å². The quantitative estimate of drug-likeness (QED) is 0.754. The summed E-state index contributed by atoms with van der Waals surface area (Å²) in [7, 11) is 1.63. The highest BCUT2D eigenvalue weighted by Gasteiger charge is 2.45. The predicted molar refractivity (Wildman–Crippen MR) is 87.3 cm³/mol. The van der Waals surface area contributed by atoms with E-state index in [0.29, 0.717) is 18.9 Å². The van der Waals surface area contributed by atoms with Gasteiger partial charge in [0.2, 0.25) is 0 Å². The normalized spacial score (nSPS) is 15.6. The van der Waals surface area contributed by atoms with E-state index in [2.05, 4.69) is 20.4 Å². The SMILES string of the molecule is COCc1cc(NCC2(c3ccccc3F)CC2)n2ncnc2n1. The molecule has 4 rings (SSSR count). The van der Waals surface area contributed by atoms with E-state index in [1.807, 2.05) is 18.2 Å². The molecule has 1 aliphatic carbocycles. The van der Waals surface area contributed by atoms with Crippen molar-refractivity contribution in [2.24, 2.45) is 0 Å². The van der Waals surface area contributed by atoms with E-state index in [9.17, 15) is 4.39 Å². The number of nitrogens with zero attached hydrogens (tertiary/aromatic N) is 4. The van der Waals surface area contributed by atoms with E-state index >= 15 is 0 Å². The average Bonchev–Trinajstić information content (AvgIpc) is 3.22. The molecule has 1 aromatic carbocycles. The zero-order valence-corrected chi connectivity index (χ0v) is 13.4. The number of fused-ring (bicyclic) bond motifs is 1. The minimum Gasteiger partial charge on any atom is -0.378 e. The fraction of sp³-hybridized carbons (Fsp3) is 0.353. The third-order valence-electron chi connectivity index (χ3n) is 4.50. The minimum absolute atomic E-state index is 0.141. The lowest BCUT2D eigenvalue weighted by Gasteiger charge is -2.18. The molecule has 2 heterocycles. The number of hydrogen-bond acceptors (Lipinski definition) is 5. The lowest BCUT2D eigenvalue weighted by Crippen LogP contribution is -2.22. The molecule has 0 spiro atoms. The van der Waals surface area contributed by atoms with Gasteiger partial charge in [-0.15, -0.1) is 0 Å². The van der Waals surface area contributed by atoms with Crippen molar-refractivity contribution in [2.75, 3.05) is 19.0 Å². The van der Waals surface area contributed by atoms with Crippen LogP contribution in [-0.2, 0) is 16.8 Å². The van der Waals surface area contributed by atoms with Gasteiger partial charge in [0.05, 0.1) is 12.3 Å². The summed E-state index contributed by atoms with van der Waals surface area (Å²) >= 11 is 0. The Morgan fingerprint density at radius 3 is 2.92 bits per heavy atom. The first kappa shape index (κ1) is 15.0. The highest BCUT2D eigenvalue weighted by atomic mass is 19.1. The number of anilines is 1. The molecule has 124 valence electrons. The first-order chi connectivity index (χ1) is 11.7. The lowest BCUT2D eigenvalue weighted by atomic mass is 9.95. The van der Waals surface area contributed by atoms with Crippen molar-refractivity contribution in [1.29, 1.82) is 0 Å². The summed E-state index contributed by atoms with van der Waals surface area (Å²) in [4.78, 5) is 8.52. The molecular weight excluding hydrogens is 309 g/mol. The van der Waals surface area contributed by atoms with Crippen LogP contribution in [0.1, 0.15) is 24.1 Å². The van der Waals surface area contributed by atoms with Crippen molar-refractivity contribution in [3.05, 3.63) is 53.7 Å². The fourth-order valence-corrected chi connectivity index (χ4v) is 3.05. The van der Waals surface area contributed by atoms with Crippen LogP contribution in [0.4, 0.5) is 10.2 Å². The number of ether oxygens (including phenoxy) is 1. The van der Waals surface area contributed by atoms with Crippen LogP contribution < -0.4 is 5.32 Å². The summed E-state index contributed by atoms with van der Waals surface area (Å²) in [6.45, 7) is 1.04. The van der Waals surface area contributed by atoms with E-state index in [1.165, 1.54) is 12.4 Å². The van der Waals surface area contributed by atoms with E-state index in [0.717, 1.165) is 29.9 Å². The Hall–Kier alpha value is -2.54. The molecule has 0 saturated heterocycles. The zero-order valence-electron chi connectivity index (χ0n) is 13.4. The molecule has 0 bridgehead atoms. The summed E-state index contributed by atoms with van der Waals surface area (Å²) in [5, 5.41) is 7.60. The second-order valence-electron chi connectivity index (χ2n) is 6.15. The van der Waals surface area contributed by atoms with Crippen molar-refractivity contribution in [1.82, 2.24) is 19.6 Å². The molecule has 0 radical (unpaired) electrons. The van der Waals surface area contributed by atoms with Crippen molar-refractivity contribution in [3.8, 4) is 0 Å². The molecule has 1 fully saturated rings. The van der Waals surface area contributed by atoms with E-state index in [4.69, 9.17) is 4.74 Å². The van der Waals surface area contributed by atoms with Crippen molar-refractivity contribution < 1.29 is 9.13 Å². The number of benzene rings is 1. The maximum absolute atomic E-state index is 14.1.